The van der Waals surface area contributed by atoms with E-state index in [2.05, 4.69) is 0 Å². The van der Waals surface area contributed by atoms with Gasteiger partial charge in [-0.25, -0.2) is 5.21 Å². The van der Waals surface area contributed by atoms with Crippen molar-refractivity contribution in [3.63, 3.8) is 0 Å². The Morgan fingerprint density at radius 3 is 2.20 bits per heavy atom. The summed E-state index contributed by atoms with van der Waals surface area (Å²) < 4.78 is 0. The third-order valence-electron chi connectivity index (χ3n) is 2.79. The molecule has 5 nitrogen and oxygen atoms in total. The van der Waals surface area contributed by atoms with Gasteiger partial charge in [0, 0.05) is 12.8 Å². The van der Waals surface area contributed by atoms with Gasteiger partial charge in [0.2, 0.25) is 10.7 Å². The Balaban J connectivity index is 0.00000196. The second-order valence-corrected chi connectivity index (χ2v) is 3.94. The highest BCUT2D eigenvalue weighted by atomic mass is 16.6. The van der Waals surface area contributed by atoms with Gasteiger partial charge in [0.25, 0.3) is 0 Å². The number of carbonyl (C=O) groups excluding carboxylic acids is 1. The van der Waals surface area contributed by atoms with Crippen molar-refractivity contribution in [2.24, 2.45) is 0 Å². The Kier molecular flexibility index (Phi) is 6.86. The van der Waals surface area contributed by atoms with E-state index in [9.17, 15) is 9.70 Å². The SMILES string of the molecule is N.O=C1CCCCCCCCC1[N+](=O)O. The average molecular weight is 217 g/mol. The lowest BCUT2D eigenvalue weighted by molar-refractivity contribution is -0.806. The largest absolute Gasteiger partial charge is 0.344 e. The zero-order chi connectivity index (χ0) is 10.4. The molecule has 0 amide bonds. The molecule has 1 atom stereocenters. The number of Topliss-reactive ketones (excluding diaryl/α,β-unsaturated/α-hetero) is 1. The van der Waals surface area contributed by atoms with E-state index >= 15 is 0 Å². The predicted octanol–water partition coefficient (Wildman–Crippen LogP) is 2.39. The summed E-state index contributed by atoms with van der Waals surface area (Å²) in [5.74, 6) is -0.107. The normalized spacial score (nSPS) is 24.0. The molecule has 0 aromatic rings. The maximum atomic E-state index is 11.5. The minimum Gasteiger partial charge on any atom is -0.344 e. The minimum absolute atomic E-state index is 0. The van der Waals surface area contributed by atoms with E-state index in [0.29, 0.717) is 12.8 Å². The molecular formula is C10H21N2O3+. The molecule has 1 aliphatic carbocycles. The zero-order valence-electron chi connectivity index (χ0n) is 9.15. The number of rotatable bonds is 1. The number of ketones is 1. The fourth-order valence-corrected chi connectivity index (χ4v) is 1.91. The second-order valence-electron chi connectivity index (χ2n) is 3.94. The summed E-state index contributed by atoms with van der Waals surface area (Å²) >= 11 is 0. The lowest BCUT2D eigenvalue weighted by Gasteiger charge is -2.07. The molecule has 0 bridgehead atoms. The summed E-state index contributed by atoms with van der Waals surface area (Å²) in [4.78, 5) is 22.0. The van der Waals surface area contributed by atoms with Gasteiger partial charge in [-0.15, -0.1) is 0 Å². The quantitative estimate of drug-likeness (QED) is 0.659. The van der Waals surface area contributed by atoms with E-state index in [1.165, 1.54) is 12.8 Å². The molecule has 4 N–H and O–H groups in total. The molecule has 1 rings (SSSR count). The molecule has 0 aromatic carbocycles. The van der Waals surface area contributed by atoms with E-state index in [1.807, 2.05) is 0 Å². The maximum absolute atomic E-state index is 11.5. The van der Waals surface area contributed by atoms with E-state index in [0.717, 1.165) is 25.7 Å². The Labute approximate surface area is 90.0 Å². The summed E-state index contributed by atoms with van der Waals surface area (Å²) in [6.07, 6.45) is 7.10. The zero-order valence-corrected chi connectivity index (χ0v) is 9.15. The van der Waals surface area contributed by atoms with Gasteiger partial charge in [-0.3, -0.25) is 4.79 Å². The van der Waals surface area contributed by atoms with Crippen LogP contribution in [0, 0.1) is 4.91 Å². The van der Waals surface area contributed by atoms with Crippen molar-refractivity contribution >= 4 is 5.78 Å². The molecule has 88 valence electrons. The van der Waals surface area contributed by atoms with Gasteiger partial charge >= 0.3 is 6.04 Å². The van der Waals surface area contributed by atoms with E-state index in [-0.39, 0.29) is 16.9 Å². The van der Waals surface area contributed by atoms with Crippen molar-refractivity contribution in [1.29, 1.82) is 0 Å². The van der Waals surface area contributed by atoms with Crippen LogP contribution < -0.4 is 6.15 Å². The summed E-state index contributed by atoms with van der Waals surface area (Å²) in [5.41, 5.74) is 0. The van der Waals surface area contributed by atoms with E-state index in [4.69, 9.17) is 5.21 Å². The molecule has 0 aliphatic heterocycles. The highest BCUT2D eigenvalue weighted by molar-refractivity contribution is 5.82. The lowest BCUT2D eigenvalue weighted by atomic mass is 9.97. The molecule has 0 heterocycles. The molecule has 0 spiro atoms. The van der Waals surface area contributed by atoms with Crippen LogP contribution in [-0.4, -0.2) is 22.0 Å². The van der Waals surface area contributed by atoms with E-state index < -0.39 is 6.04 Å². The van der Waals surface area contributed by atoms with Gasteiger partial charge < -0.3 is 6.15 Å². The first-order valence-corrected chi connectivity index (χ1v) is 5.40. The molecule has 15 heavy (non-hydrogen) atoms. The van der Waals surface area contributed by atoms with Gasteiger partial charge in [-0.2, -0.15) is 0 Å². The van der Waals surface area contributed by atoms with Crippen molar-refractivity contribution in [2.45, 2.75) is 57.4 Å². The highest BCUT2D eigenvalue weighted by Crippen LogP contribution is 2.16. The van der Waals surface area contributed by atoms with Crippen LogP contribution in [0.15, 0.2) is 0 Å². The van der Waals surface area contributed by atoms with Gasteiger partial charge in [0.05, 0.1) is 4.91 Å². The summed E-state index contributed by atoms with van der Waals surface area (Å²) in [7, 11) is 0. The highest BCUT2D eigenvalue weighted by Gasteiger charge is 2.32. The lowest BCUT2D eigenvalue weighted by Crippen LogP contribution is -2.30. The molecule has 1 fully saturated rings. The number of carbonyl (C=O) groups is 1. The number of hydrogen-bond acceptors (Lipinski definition) is 3. The number of hydrogen-bond donors (Lipinski definition) is 2. The van der Waals surface area contributed by atoms with Gasteiger partial charge in [0.1, 0.15) is 0 Å². The molecule has 1 aliphatic rings. The van der Waals surface area contributed by atoms with Crippen molar-refractivity contribution in [3.05, 3.63) is 4.91 Å². The van der Waals surface area contributed by atoms with Crippen molar-refractivity contribution in [3.8, 4) is 0 Å². The predicted molar refractivity (Wildman–Crippen MR) is 56.2 cm³/mol. The van der Waals surface area contributed by atoms with Crippen molar-refractivity contribution < 1.29 is 14.9 Å². The Morgan fingerprint density at radius 2 is 1.60 bits per heavy atom. The topological polar surface area (TPSA) is 92.4 Å². The standard InChI is InChI=1S/C10H18NO3.H3N/c12-10-8-6-4-2-1-3-5-7-9(10)11(13)14;/h9H,1-8H2,(H,13,14);1H3/q+1;. The Hall–Kier alpha value is -0.970. The van der Waals surface area contributed by atoms with Crippen molar-refractivity contribution in [2.75, 3.05) is 0 Å². The average Bonchev–Trinajstić information content (AvgIpc) is 2.15. The third-order valence-corrected chi connectivity index (χ3v) is 2.79. The summed E-state index contributed by atoms with van der Waals surface area (Å²) in [5, 5.41) is 8.78. The molecule has 0 radical (unpaired) electrons. The van der Waals surface area contributed by atoms with Crippen LogP contribution in [0.3, 0.4) is 0 Å². The maximum Gasteiger partial charge on any atom is 0.314 e. The smallest absolute Gasteiger partial charge is 0.314 e. The number of nitrogens with zero attached hydrogens (tertiary/aromatic N) is 1. The van der Waals surface area contributed by atoms with Gasteiger partial charge in [-0.1, -0.05) is 25.7 Å². The van der Waals surface area contributed by atoms with Gasteiger partial charge in [0.15, 0.2) is 0 Å². The molecular weight excluding hydrogens is 196 g/mol. The van der Waals surface area contributed by atoms with Crippen LogP contribution in [0.1, 0.15) is 51.4 Å². The van der Waals surface area contributed by atoms with Crippen LogP contribution >= 0.6 is 0 Å². The molecule has 0 saturated heterocycles. The minimum atomic E-state index is -0.812. The van der Waals surface area contributed by atoms with Gasteiger partial charge in [-0.05, 0) is 12.8 Å². The van der Waals surface area contributed by atoms with Crippen LogP contribution in [0.25, 0.3) is 0 Å². The van der Waals surface area contributed by atoms with Crippen LogP contribution in [0.5, 0.6) is 0 Å². The summed E-state index contributed by atoms with van der Waals surface area (Å²) in [6.45, 7) is 0. The van der Waals surface area contributed by atoms with Crippen LogP contribution in [0.4, 0.5) is 0 Å². The molecule has 0 aromatic heterocycles. The van der Waals surface area contributed by atoms with Crippen LogP contribution in [-0.2, 0) is 4.79 Å². The molecule has 1 saturated carbocycles. The Morgan fingerprint density at radius 1 is 1.07 bits per heavy atom. The van der Waals surface area contributed by atoms with Crippen molar-refractivity contribution in [1.82, 2.24) is 6.15 Å². The molecule has 1 unspecified atom stereocenters. The van der Waals surface area contributed by atoms with Crippen LogP contribution in [0.2, 0.25) is 0 Å². The first-order valence-electron chi connectivity index (χ1n) is 5.40. The van der Waals surface area contributed by atoms with E-state index in [1.54, 1.807) is 0 Å². The fraction of sp³-hybridized carbons (Fsp3) is 0.900. The molecule has 5 heteroatoms. The fourth-order valence-electron chi connectivity index (χ4n) is 1.91. The second kappa shape index (κ2) is 7.34. The first-order chi connectivity index (χ1) is 6.72. The first kappa shape index (κ1) is 14.0. The summed E-state index contributed by atoms with van der Waals surface area (Å²) in [6, 6.07) is -0.812. The Bertz CT molecular complexity index is 219. The monoisotopic (exact) mass is 217 g/mol. The third kappa shape index (κ3) is 4.88.